The molecule has 0 aliphatic carbocycles. The molecule has 0 saturated heterocycles. The summed E-state index contributed by atoms with van der Waals surface area (Å²) in [5.74, 6) is 0.707. The van der Waals surface area contributed by atoms with E-state index in [1.165, 1.54) is 11.1 Å². The molecule has 1 unspecified atom stereocenters. The van der Waals surface area contributed by atoms with Crippen molar-refractivity contribution in [1.29, 1.82) is 0 Å². The zero-order valence-electron chi connectivity index (χ0n) is 19.2. The van der Waals surface area contributed by atoms with E-state index in [0.717, 1.165) is 37.5 Å². The summed E-state index contributed by atoms with van der Waals surface area (Å²) in [4.78, 5) is 18.3. The second-order valence-corrected chi connectivity index (χ2v) is 7.48. The van der Waals surface area contributed by atoms with Crippen molar-refractivity contribution in [3.05, 3.63) is 70.8 Å². The molecule has 7 heteroatoms. The fourth-order valence-electron chi connectivity index (χ4n) is 3.33. The maximum absolute atomic E-state index is 11.8. The van der Waals surface area contributed by atoms with Crippen molar-refractivity contribution < 1.29 is 4.79 Å². The molecule has 1 atom stereocenters. The number of nitrogens with one attached hydrogen (secondary N) is 3. The van der Waals surface area contributed by atoms with E-state index in [1.54, 1.807) is 14.1 Å². The Bertz CT molecular complexity index is 836. The summed E-state index contributed by atoms with van der Waals surface area (Å²) >= 11 is 0. The highest BCUT2D eigenvalue weighted by molar-refractivity contribution is 14.0. The fourth-order valence-corrected chi connectivity index (χ4v) is 3.33. The summed E-state index contributed by atoms with van der Waals surface area (Å²) in [5, 5.41) is 9.46. The minimum atomic E-state index is -0.0658. The predicted octanol–water partition coefficient (Wildman–Crippen LogP) is 3.24. The van der Waals surface area contributed by atoms with Crippen LogP contribution >= 0.6 is 24.0 Å². The standard InChI is InChI=1S/C24H35N5O.HI/c1-6-18-10-12-20(13-11-18)22(29(4)5)17-28-24(26-3)27-15-14-19-8-7-9-21(16-19)23(30)25-2;/h7-13,16,22H,6,14-15,17H2,1-5H3,(H,25,30)(H2,26,27,28);1H. The van der Waals surface area contributed by atoms with Crippen LogP contribution in [-0.4, -0.2) is 58.0 Å². The van der Waals surface area contributed by atoms with Crippen LogP contribution < -0.4 is 16.0 Å². The van der Waals surface area contributed by atoms with E-state index in [9.17, 15) is 4.79 Å². The number of aryl methyl sites for hydroxylation is 1. The smallest absolute Gasteiger partial charge is 0.251 e. The van der Waals surface area contributed by atoms with Gasteiger partial charge in [0.25, 0.3) is 5.91 Å². The van der Waals surface area contributed by atoms with E-state index in [4.69, 9.17) is 0 Å². The second-order valence-electron chi connectivity index (χ2n) is 7.48. The molecule has 0 aliphatic rings. The minimum Gasteiger partial charge on any atom is -0.356 e. The fraction of sp³-hybridized carbons (Fsp3) is 0.417. The lowest BCUT2D eigenvalue weighted by Gasteiger charge is -2.26. The van der Waals surface area contributed by atoms with E-state index in [0.29, 0.717) is 5.56 Å². The molecule has 0 bridgehead atoms. The number of likely N-dealkylation sites (N-methyl/N-ethyl adjacent to an activating group) is 1. The van der Waals surface area contributed by atoms with Crippen LogP contribution in [0.4, 0.5) is 0 Å². The van der Waals surface area contributed by atoms with E-state index < -0.39 is 0 Å². The number of benzene rings is 2. The van der Waals surface area contributed by atoms with Crippen LogP contribution in [0.15, 0.2) is 53.5 Å². The number of nitrogens with zero attached hydrogens (tertiary/aromatic N) is 2. The molecule has 0 radical (unpaired) electrons. The summed E-state index contributed by atoms with van der Waals surface area (Å²) in [6.07, 6.45) is 1.86. The molecular weight excluding hydrogens is 501 g/mol. The number of hydrogen-bond acceptors (Lipinski definition) is 3. The average molecular weight is 537 g/mol. The first kappa shape index (κ1) is 26.9. The molecule has 0 aromatic heterocycles. The van der Waals surface area contributed by atoms with Gasteiger partial charge in [-0.1, -0.05) is 43.3 Å². The number of carbonyl (C=O) groups is 1. The molecule has 1 amide bonds. The van der Waals surface area contributed by atoms with Gasteiger partial charge in [-0.25, -0.2) is 0 Å². The van der Waals surface area contributed by atoms with E-state index in [2.05, 4.69) is 71.1 Å². The summed E-state index contributed by atoms with van der Waals surface area (Å²) in [7, 11) is 7.61. The number of amides is 1. The summed E-state index contributed by atoms with van der Waals surface area (Å²) < 4.78 is 0. The van der Waals surface area contributed by atoms with Crippen LogP contribution in [0.25, 0.3) is 0 Å². The Morgan fingerprint density at radius 1 is 1.06 bits per heavy atom. The molecule has 0 spiro atoms. The van der Waals surface area contributed by atoms with Crippen molar-refractivity contribution in [3.63, 3.8) is 0 Å². The Hall–Kier alpha value is -2.13. The van der Waals surface area contributed by atoms with Crippen LogP contribution in [-0.2, 0) is 12.8 Å². The maximum atomic E-state index is 11.8. The van der Waals surface area contributed by atoms with Gasteiger partial charge in [-0.15, -0.1) is 24.0 Å². The van der Waals surface area contributed by atoms with Crippen LogP contribution in [0.2, 0.25) is 0 Å². The van der Waals surface area contributed by atoms with E-state index in [-0.39, 0.29) is 35.9 Å². The van der Waals surface area contributed by atoms with Gasteiger partial charge in [0.15, 0.2) is 5.96 Å². The normalized spacial score (nSPS) is 12.1. The minimum absolute atomic E-state index is 0. The number of aliphatic imine (C=N–C) groups is 1. The van der Waals surface area contributed by atoms with Crippen molar-refractivity contribution in [2.24, 2.45) is 4.99 Å². The van der Waals surface area contributed by atoms with Crippen molar-refractivity contribution in [2.75, 3.05) is 41.3 Å². The van der Waals surface area contributed by atoms with Gasteiger partial charge >= 0.3 is 0 Å². The molecule has 6 nitrogen and oxygen atoms in total. The third kappa shape index (κ3) is 8.49. The highest BCUT2D eigenvalue weighted by Crippen LogP contribution is 2.18. The molecule has 3 N–H and O–H groups in total. The molecule has 0 aliphatic heterocycles. The second kappa shape index (κ2) is 14.0. The zero-order valence-corrected chi connectivity index (χ0v) is 21.6. The third-order valence-electron chi connectivity index (χ3n) is 5.20. The van der Waals surface area contributed by atoms with Gasteiger partial charge in [-0.05, 0) is 55.8 Å². The van der Waals surface area contributed by atoms with Gasteiger partial charge in [0.2, 0.25) is 0 Å². The van der Waals surface area contributed by atoms with Crippen molar-refractivity contribution >= 4 is 35.8 Å². The van der Waals surface area contributed by atoms with Gasteiger partial charge in [-0.2, -0.15) is 0 Å². The Morgan fingerprint density at radius 3 is 2.35 bits per heavy atom. The van der Waals surface area contributed by atoms with Crippen molar-refractivity contribution in [3.8, 4) is 0 Å². The quantitative estimate of drug-likeness (QED) is 0.261. The molecule has 0 saturated carbocycles. The van der Waals surface area contributed by atoms with Gasteiger partial charge in [0.1, 0.15) is 0 Å². The molecule has 0 heterocycles. The van der Waals surface area contributed by atoms with Crippen molar-refractivity contribution in [2.45, 2.75) is 25.8 Å². The molecule has 0 fully saturated rings. The van der Waals surface area contributed by atoms with Gasteiger partial charge in [-0.3, -0.25) is 9.79 Å². The lowest BCUT2D eigenvalue weighted by atomic mass is 10.0. The van der Waals surface area contributed by atoms with E-state index in [1.807, 2.05) is 24.3 Å². The number of carbonyl (C=O) groups excluding carboxylic acids is 1. The topological polar surface area (TPSA) is 68.8 Å². The molecule has 2 aromatic carbocycles. The Kier molecular flexibility index (Phi) is 12.2. The molecule has 31 heavy (non-hydrogen) atoms. The molecule has 170 valence electrons. The lowest BCUT2D eigenvalue weighted by Crippen LogP contribution is -2.42. The molecular formula is C24H36IN5O. The molecule has 2 rings (SSSR count). The summed E-state index contributed by atoms with van der Waals surface area (Å²) in [6.45, 7) is 3.66. The first-order valence-corrected chi connectivity index (χ1v) is 10.5. The summed E-state index contributed by atoms with van der Waals surface area (Å²) in [5.41, 5.74) is 4.43. The Morgan fingerprint density at radius 2 is 1.77 bits per heavy atom. The molecule has 2 aromatic rings. The highest BCUT2D eigenvalue weighted by Gasteiger charge is 2.14. The van der Waals surface area contributed by atoms with Gasteiger partial charge < -0.3 is 20.9 Å². The van der Waals surface area contributed by atoms with Gasteiger partial charge in [0.05, 0.1) is 6.04 Å². The van der Waals surface area contributed by atoms with Gasteiger partial charge in [0, 0.05) is 32.7 Å². The third-order valence-corrected chi connectivity index (χ3v) is 5.20. The predicted molar refractivity (Wildman–Crippen MR) is 141 cm³/mol. The monoisotopic (exact) mass is 537 g/mol. The zero-order chi connectivity index (χ0) is 21.9. The largest absolute Gasteiger partial charge is 0.356 e. The number of guanidine groups is 1. The number of halogens is 1. The number of rotatable bonds is 9. The highest BCUT2D eigenvalue weighted by atomic mass is 127. The van der Waals surface area contributed by atoms with E-state index >= 15 is 0 Å². The van der Waals surface area contributed by atoms with Crippen molar-refractivity contribution in [1.82, 2.24) is 20.9 Å². The van der Waals surface area contributed by atoms with Crippen LogP contribution in [0, 0.1) is 0 Å². The Labute approximate surface area is 203 Å². The Balaban J connectivity index is 0.00000480. The SMILES string of the molecule is CCc1ccc(C(CNC(=NC)NCCc2cccc(C(=O)NC)c2)N(C)C)cc1.I. The number of hydrogen-bond donors (Lipinski definition) is 3. The lowest BCUT2D eigenvalue weighted by molar-refractivity contribution is 0.0963. The maximum Gasteiger partial charge on any atom is 0.251 e. The van der Waals surface area contributed by atoms with Crippen LogP contribution in [0.1, 0.15) is 40.0 Å². The first-order valence-electron chi connectivity index (χ1n) is 10.5. The van der Waals surface area contributed by atoms with Crippen LogP contribution in [0.3, 0.4) is 0 Å². The van der Waals surface area contributed by atoms with Crippen LogP contribution in [0.5, 0.6) is 0 Å². The first-order chi connectivity index (χ1) is 14.5. The summed E-state index contributed by atoms with van der Waals surface area (Å²) in [6, 6.07) is 16.8. The average Bonchev–Trinajstić information content (AvgIpc) is 2.77.